The molecule has 0 saturated heterocycles. The molecule has 3 rings (SSSR count). The van der Waals surface area contributed by atoms with Gasteiger partial charge in [-0.15, -0.1) is 0 Å². The zero-order valence-electron chi connectivity index (χ0n) is 11.8. The first-order chi connectivity index (χ1) is 9.19. The molecule has 1 N–H and O–H groups in total. The first-order valence-corrected chi connectivity index (χ1v) is 6.55. The molecule has 0 amide bonds. The van der Waals surface area contributed by atoms with Crippen molar-refractivity contribution in [3.05, 3.63) is 41.0 Å². The van der Waals surface area contributed by atoms with Crippen molar-refractivity contribution in [1.82, 2.24) is 0 Å². The Balaban J connectivity index is 2.28. The Bertz CT molecular complexity index is 587. The molecule has 2 aliphatic rings. The minimum Gasteiger partial charge on any atom is -0.493 e. The van der Waals surface area contributed by atoms with E-state index in [4.69, 9.17) is 9.47 Å². The normalized spacial score (nSPS) is 22.7. The summed E-state index contributed by atoms with van der Waals surface area (Å²) in [5, 5.41) is 3.60. The van der Waals surface area contributed by atoms with Crippen molar-refractivity contribution in [3.63, 3.8) is 0 Å². The highest BCUT2D eigenvalue weighted by molar-refractivity contribution is 5.77. The Kier molecular flexibility index (Phi) is 2.77. The first kappa shape index (κ1) is 12.2. The summed E-state index contributed by atoms with van der Waals surface area (Å²) in [6.07, 6.45) is 8.61. The van der Waals surface area contributed by atoms with E-state index in [2.05, 4.69) is 43.5 Å². The fraction of sp³-hybridized carbons (Fsp3) is 0.375. The molecule has 0 spiro atoms. The second-order valence-corrected chi connectivity index (χ2v) is 5.07. The summed E-state index contributed by atoms with van der Waals surface area (Å²) in [6.45, 7) is 4.21. The molecule has 3 nitrogen and oxygen atoms in total. The number of hydrogen-bond acceptors (Lipinski definition) is 3. The summed E-state index contributed by atoms with van der Waals surface area (Å²) in [5.74, 6) is 2.04. The third kappa shape index (κ3) is 1.57. The lowest BCUT2D eigenvalue weighted by Crippen LogP contribution is -2.17. The van der Waals surface area contributed by atoms with Crippen molar-refractivity contribution in [2.24, 2.45) is 0 Å². The fourth-order valence-electron chi connectivity index (χ4n) is 3.11. The number of anilines is 1. The maximum Gasteiger partial charge on any atom is 0.166 e. The molecule has 1 aromatic rings. The van der Waals surface area contributed by atoms with Crippen LogP contribution in [-0.4, -0.2) is 20.3 Å². The van der Waals surface area contributed by atoms with Crippen LogP contribution in [0, 0.1) is 13.8 Å². The Morgan fingerprint density at radius 1 is 0.947 bits per heavy atom. The molecule has 1 aliphatic heterocycles. The lowest BCUT2D eigenvalue weighted by molar-refractivity contribution is 0.349. The third-order valence-electron chi connectivity index (χ3n) is 4.19. The Labute approximate surface area is 113 Å². The van der Waals surface area contributed by atoms with E-state index in [1.807, 2.05) is 0 Å². The fourth-order valence-corrected chi connectivity index (χ4v) is 3.11. The molecule has 0 unspecified atom stereocenters. The summed E-state index contributed by atoms with van der Waals surface area (Å²) in [6, 6.07) is 0.319. The smallest absolute Gasteiger partial charge is 0.166 e. The molecule has 0 saturated carbocycles. The van der Waals surface area contributed by atoms with Gasteiger partial charge in [0.25, 0.3) is 0 Å². The Morgan fingerprint density at radius 3 is 2.32 bits per heavy atom. The van der Waals surface area contributed by atoms with Gasteiger partial charge < -0.3 is 14.8 Å². The highest BCUT2D eigenvalue weighted by Gasteiger charge is 2.36. The molecular formula is C16H19NO2. The maximum atomic E-state index is 5.64. The first-order valence-electron chi connectivity index (χ1n) is 6.55. The van der Waals surface area contributed by atoms with E-state index in [0.29, 0.717) is 12.0 Å². The molecule has 0 aromatic heterocycles. The van der Waals surface area contributed by atoms with Crippen LogP contribution >= 0.6 is 0 Å². The molecule has 0 radical (unpaired) electrons. The minimum absolute atomic E-state index is 0.319. The van der Waals surface area contributed by atoms with Crippen molar-refractivity contribution in [3.8, 4) is 11.5 Å². The van der Waals surface area contributed by atoms with E-state index in [1.54, 1.807) is 14.2 Å². The van der Waals surface area contributed by atoms with Crippen LogP contribution in [0.3, 0.4) is 0 Å². The van der Waals surface area contributed by atoms with Crippen LogP contribution in [0.5, 0.6) is 11.5 Å². The van der Waals surface area contributed by atoms with Gasteiger partial charge in [-0.2, -0.15) is 0 Å². The summed E-state index contributed by atoms with van der Waals surface area (Å²) in [7, 11) is 3.41. The minimum atomic E-state index is 0.319. The quantitative estimate of drug-likeness (QED) is 0.881. The van der Waals surface area contributed by atoms with Crippen molar-refractivity contribution in [2.45, 2.75) is 25.8 Å². The number of nitrogens with one attached hydrogen (secondary N) is 1. The van der Waals surface area contributed by atoms with E-state index in [1.165, 1.54) is 16.8 Å². The van der Waals surface area contributed by atoms with Crippen LogP contribution in [0.15, 0.2) is 24.3 Å². The average Bonchev–Trinajstić information content (AvgIpc) is 2.82. The van der Waals surface area contributed by atoms with Gasteiger partial charge >= 0.3 is 0 Å². The van der Waals surface area contributed by atoms with Crippen molar-refractivity contribution in [1.29, 1.82) is 0 Å². The topological polar surface area (TPSA) is 30.5 Å². The number of rotatable bonds is 2. The Morgan fingerprint density at radius 2 is 1.63 bits per heavy atom. The van der Waals surface area contributed by atoms with Crippen LogP contribution in [0.4, 0.5) is 5.69 Å². The van der Waals surface area contributed by atoms with Gasteiger partial charge in [0.05, 0.1) is 20.3 Å². The number of allylic oxidation sites excluding steroid dienone is 2. The molecule has 3 heteroatoms. The molecule has 2 atom stereocenters. The van der Waals surface area contributed by atoms with Crippen LogP contribution in [0.25, 0.3) is 0 Å². The molecule has 19 heavy (non-hydrogen) atoms. The standard InChI is InChI=1S/C16H19NO2/c1-9-10(2)15(18-3)16(19-4)13-11-7-5-6-8-12(11)17-14(9)13/h5-8,11-12,17H,1-4H3/t11-,12+/m0/s1. The molecule has 1 heterocycles. The zero-order chi connectivity index (χ0) is 13.6. The summed E-state index contributed by atoms with van der Waals surface area (Å²) in [5.41, 5.74) is 4.79. The van der Waals surface area contributed by atoms with Gasteiger partial charge in [0.2, 0.25) is 0 Å². The predicted molar refractivity (Wildman–Crippen MR) is 77.5 cm³/mol. The van der Waals surface area contributed by atoms with E-state index >= 15 is 0 Å². The van der Waals surface area contributed by atoms with Gasteiger partial charge in [0.15, 0.2) is 11.5 Å². The summed E-state index contributed by atoms with van der Waals surface area (Å²) < 4.78 is 11.2. The Hall–Kier alpha value is -1.90. The zero-order valence-corrected chi connectivity index (χ0v) is 11.8. The number of hydrogen-bond donors (Lipinski definition) is 1. The van der Waals surface area contributed by atoms with Crippen LogP contribution in [0.1, 0.15) is 22.6 Å². The van der Waals surface area contributed by atoms with Crippen LogP contribution < -0.4 is 14.8 Å². The summed E-state index contributed by atoms with van der Waals surface area (Å²) >= 11 is 0. The van der Waals surface area contributed by atoms with Crippen LogP contribution in [0.2, 0.25) is 0 Å². The van der Waals surface area contributed by atoms with E-state index < -0.39 is 0 Å². The van der Waals surface area contributed by atoms with E-state index in [-0.39, 0.29) is 0 Å². The van der Waals surface area contributed by atoms with Crippen LogP contribution in [-0.2, 0) is 0 Å². The second kappa shape index (κ2) is 4.34. The lowest BCUT2D eigenvalue weighted by atomic mass is 9.89. The number of ether oxygens (including phenoxy) is 2. The highest BCUT2D eigenvalue weighted by atomic mass is 16.5. The molecule has 0 fully saturated rings. The lowest BCUT2D eigenvalue weighted by Gasteiger charge is -2.20. The third-order valence-corrected chi connectivity index (χ3v) is 4.19. The van der Waals surface area contributed by atoms with Crippen molar-refractivity contribution in [2.75, 3.05) is 19.5 Å². The number of fused-ring (bicyclic) bond motifs is 3. The largest absolute Gasteiger partial charge is 0.493 e. The number of methoxy groups -OCH3 is 2. The average molecular weight is 257 g/mol. The number of benzene rings is 1. The van der Waals surface area contributed by atoms with Gasteiger partial charge in [-0.25, -0.2) is 0 Å². The molecular weight excluding hydrogens is 238 g/mol. The van der Waals surface area contributed by atoms with Crippen molar-refractivity contribution >= 4 is 5.69 Å². The van der Waals surface area contributed by atoms with E-state index in [9.17, 15) is 0 Å². The highest BCUT2D eigenvalue weighted by Crippen LogP contribution is 2.51. The molecule has 100 valence electrons. The molecule has 0 bridgehead atoms. The monoisotopic (exact) mass is 257 g/mol. The van der Waals surface area contributed by atoms with Gasteiger partial charge in [0.1, 0.15) is 0 Å². The van der Waals surface area contributed by atoms with E-state index in [0.717, 1.165) is 17.1 Å². The summed E-state index contributed by atoms with van der Waals surface area (Å²) in [4.78, 5) is 0. The molecule has 1 aliphatic carbocycles. The van der Waals surface area contributed by atoms with Gasteiger partial charge in [-0.3, -0.25) is 0 Å². The van der Waals surface area contributed by atoms with Gasteiger partial charge in [-0.05, 0) is 25.0 Å². The molecule has 1 aromatic carbocycles. The predicted octanol–water partition coefficient (Wildman–Crippen LogP) is 3.32. The van der Waals surface area contributed by atoms with Crippen molar-refractivity contribution < 1.29 is 9.47 Å². The van der Waals surface area contributed by atoms with Gasteiger partial charge in [0, 0.05) is 17.2 Å². The van der Waals surface area contributed by atoms with Gasteiger partial charge in [-0.1, -0.05) is 24.3 Å². The maximum absolute atomic E-state index is 5.64. The SMILES string of the molecule is COc1c(C)c(C)c2c(c1OC)[C@H]1C=CC=C[C@H]1N2. The second-order valence-electron chi connectivity index (χ2n) is 5.07.